The maximum atomic E-state index is 12.6. The van der Waals surface area contributed by atoms with E-state index in [1.165, 1.54) is 0 Å². The van der Waals surface area contributed by atoms with Crippen LogP contribution < -0.4 is 15.1 Å². The minimum absolute atomic E-state index is 0.0157. The number of piperazine rings is 1. The van der Waals surface area contributed by atoms with E-state index in [1.807, 2.05) is 26.0 Å². The van der Waals surface area contributed by atoms with Gasteiger partial charge >= 0.3 is 0 Å². The normalized spacial score (nSPS) is 21.9. The molecule has 0 radical (unpaired) electrons. The Morgan fingerprint density at radius 3 is 2.85 bits per heavy atom. The van der Waals surface area contributed by atoms with Crippen LogP contribution >= 0.6 is 15.9 Å². The summed E-state index contributed by atoms with van der Waals surface area (Å²) >= 11 is 3.55. The molecule has 0 aliphatic carbocycles. The smallest absolute Gasteiger partial charge is 0.251 e. The van der Waals surface area contributed by atoms with Crippen LogP contribution in [0.25, 0.3) is 0 Å². The minimum atomic E-state index is -0.442. The summed E-state index contributed by atoms with van der Waals surface area (Å²) in [5.74, 6) is -0.0748. The lowest BCUT2D eigenvalue weighted by Crippen LogP contribution is -2.64. The zero-order valence-electron chi connectivity index (χ0n) is 11.4. The first-order valence-electron chi connectivity index (χ1n) is 6.69. The van der Waals surface area contributed by atoms with Gasteiger partial charge < -0.3 is 10.2 Å². The van der Waals surface area contributed by atoms with Crippen molar-refractivity contribution in [1.82, 2.24) is 5.32 Å². The minimum Gasteiger partial charge on any atom is -0.309 e. The maximum Gasteiger partial charge on any atom is 0.251 e. The average Bonchev–Trinajstić information content (AvgIpc) is 2.39. The SMILES string of the molecule is CCN1C(=O)C2CNCC(=O)N2c2c(Br)cc(C)cc21. The molecule has 2 heterocycles. The van der Waals surface area contributed by atoms with Crippen molar-refractivity contribution < 1.29 is 9.59 Å². The van der Waals surface area contributed by atoms with E-state index >= 15 is 0 Å². The molecule has 2 aliphatic heterocycles. The molecule has 1 unspecified atom stereocenters. The van der Waals surface area contributed by atoms with Gasteiger partial charge in [0.2, 0.25) is 5.91 Å². The van der Waals surface area contributed by atoms with Gasteiger partial charge in [0.1, 0.15) is 6.04 Å². The van der Waals surface area contributed by atoms with Crippen molar-refractivity contribution in [2.75, 3.05) is 29.4 Å². The van der Waals surface area contributed by atoms with Gasteiger partial charge in [-0.25, -0.2) is 0 Å². The second kappa shape index (κ2) is 4.86. The summed E-state index contributed by atoms with van der Waals surface area (Å²) in [6.45, 7) is 5.30. The Morgan fingerprint density at radius 1 is 1.40 bits per heavy atom. The fourth-order valence-electron chi connectivity index (χ4n) is 2.93. The summed E-state index contributed by atoms with van der Waals surface area (Å²) in [4.78, 5) is 28.2. The van der Waals surface area contributed by atoms with E-state index in [0.717, 1.165) is 21.4 Å². The quantitative estimate of drug-likeness (QED) is 0.843. The van der Waals surface area contributed by atoms with Gasteiger partial charge in [-0.15, -0.1) is 0 Å². The molecule has 1 saturated heterocycles. The molecule has 20 heavy (non-hydrogen) atoms. The fourth-order valence-corrected chi connectivity index (χ4v) is 3.68. The summed E-state index contributed by atoms with van der Waals surface area (Å²) in [7, 11) is 0. The molecule has 1 atom stereocenters. The lowest BCUT2D eigenvalue weighted by atomic mass is 10.0. The van der Waals surface area contributed by atoms with E-state index in [-0.39, 0.29) is 18.4 Å². The van der Waals surface area contributed by atoms with Crippen molar-refractivity contribution in [1.29, 1.82) is 0 Å². The van der Waals surface area contributed by atoms with E-state index in [0.29, 0.717) is 13.1 Å². The van der Waals surface area contributed by atoms with Gasteiger partial charge in [-0.1, -0.05) is 0 Å². The van der Waals surface area contributed by atoms with E-state index in [2.05, 4.69) is 21.2 Å². The number of nitrogens with zero attached hydrogens (tertiary/aromatic N) is 2. The molecule has 1 aromatic rings. The highest BCUT2D eigenvalue weighted by molar-refractivity contribution is 9.10. The Labute approximate surface area is 126 Å². The number of carbonyl (C=O) groups excluding carboxylic acids is 2. The van der Waals surface area contributed by atoms with Crippen LogP contribution in [0, 0.1) is 6.92 Å². The first kappa shape index (κ1) is 13.6. The molecule has 0 bridgehead atoms. The van der Waals surface area contributed by atoms with Gasteiger partial charge in [0, 0.05) is 17.6 Å². The Morgan fingerprint density at radius 2 is 2.15 bits per heavy atom. The number of benzene rings is 1. The Hall–Kier alpha value is -1.40. The van der Waals surface area contributed by atoms with Crippen molar-refractivity contribution in [2.45, 2.75) is 19.9 Å². The van der Waals surface area contributed by atoms with Crippen LogP contribution in [-0.2, 0) is 9.59 Å². The zero-order valence-corrected chi connectivity index (χ0v) is 13.0. The molecule has 1 fully saturated rings. The topological polar surface area (TPSA) is 52.7 Å². The Bertz CT molecular complexity index is 602. The number of hydrogen-bond donors (Lipinski definition) is 1. The second-order valence-electron chi connectivity index (χ2n) is 5.11. The van der Waals surface area contributed by atoms with Gasteiger partial charge in [-0.3, -0.25) is 14.5 Å². The number of halogens is 1. The van der Waals surface area contributed by atoms with Crippen molar-refractivity contribution in [3.8, 4) is 0 Å². The lowest BCUT2D eigenvalue weighted by Gasteiger charge is -2.44. The number of hydrogen-bond acceptors (Lipinski definition) is 3. The number of rotatable bonds is 1. The maximum absolute atomic E-state index is 12.6. The molecular weight excluding hydrogens is 322 g/mol. The predicted octanol–water partition coefficient (Wildman–Crippen LogP) is 1.43. The van der Waals surface area contributed by atoms with Crippen LogP contribution in [0.5, 0.6) is 0 Å². The van der Waals surface area contributed by atoms with Crippen molar-refractivity contribution in [3.63, 3.8) is 0 Å². The standard InChI is InChI=1S/C14H16BrN3O2/c1-3-17-10-5-8(2)4-9(15)13(10)18-11(14(17)20)6-16-7-12(18)19/h4-5,11,16H,3,6-7H2,1-2H3. The zero-order chi connectivity index (χ0) is 14.4. The van der Waals surface area contributed by atoms with Gasteiger partial charge in [0.15, 0.2) is 0 Å². The highest BCUT2D eigenvalue weighted by Gasteiger charge is 2.43. The predicted molar refractivity (Wildman–Crippen MR) is 81.0 cm³/mol. The van der Waals surface area contributed by atoms with E-state index in [4.69, 9.17) is 0 Å². The number of likely N-dealkylation sites (N-methyl/N-ethyl adjacent to an activating group) is 1. The van der Waals surface area contributed by atoms with Gasteiger partial charge in [0.05, 0.1) is 17.9 Å². The Kier molecular flexibility index (Phi) is 3.30. The number of nitrogens with one attached hydrogen (secondary N) is 1. The number of anilines is 2. The van der Waals surface area contributed by atoms with E-state index in [9.17, 15) is 9.59 Å². The van der Waals surface area contributed by atoms with Crippen molar-refractivity contribution in [2.24, 2.45) is 0 Å². The van der Waals surface area contributed by atoms with E-state index in [1.54, 1.807) is 9.80 Å². The van der Waals surface area contributed by atoms with Crippen LogP contribution in [0.4, 0.5) is 11.4 Å². The molecule has 0 aromatic heterocycles. The lowest BCUT2D eigenvalue weighted by molar-refractivity contribution is -0.126. The molecule has 106 valence electrons. The third-order valence-electron chi connectivity index (χ3n) is 3.78. The molecule has 3 rings (SSSR count). The van der Waals surface area contributed by atoms with Crippen LogP contribution in [0.3, 0.4) is 0 Å². The molecule has 0 saturated carbocycles. The number of fused-ring (bicyclic) bond motifs is 3. The average molecular weight is 338 g/mol. The summed E-state index contributed by atoms with van der Waals surface area (Å²) in [6.07, 6.45) is 0. The first-order valence-corrected chi connectivity index (χ1v) is 7.48. The van der Waals surface area contributed by atoms with Gasteiger partial charge in [0.25, 0.3) is 5.91 Å². The first-order chi connectivity index (χ1) is 9.54. The molecule has 1 aromatic carbocycles. The molecule has 2 amide bonds. The molecule has 0 spiro atoms. The highest BCUT2D eigenvalue weighted by Crippen LogP contribution is 2.42. The van der Waals surface area contributed by atoms with E-state index < -0.39 is 6.04 Å². The fraction of sp³-hybridized carbons (Fsp3) is 0.429. The summed E-state index contributed by atoms with van der Waals surface area (Å²) < 4.78 is 0.860. The second-order valence-corrected chi connectivity index (χ2v) is 5.96. The molecule has 5 nitrogen and oxygen atoms in total. The largest absolute Gasteiger partial charge is 0.309 e. The number of aryl methyl sites for hydroxylation is 1. The molecule has 6 heteroatoms. The summed E-state index contributed by atoms with van der Waals surface area (Å²) in [6, 6.07) is 3.50. The number of amides is 2. The van der Waals surface area contributed by atoms with Gasteiger partial charge in [-0.05, 0) is 47.5 Å². The number of carbonyl (C=O) groups is 2. The van der Waals surface area contributed by atoms with Crippen LogP contribution in [-0.4, -0.2) is 37.5 Å². The summed E-state index contributed by atoms with van der Waals surface area (Å²) in [5, 5.41) is 3.02. The van der Waals surface area contributed by atoms with Crippen molar-refractivity contribution in [3.05, 3.63) is 22.2 Å². The monoisotopic (exact) mass is 337 g/mol. The molecule has 1 N–H and O–H groups in total. The summed E-state index contributed by atoms with van der Waals surface area (Å²) in [5.41, 5.74) is 2.69. The van der Waals surface area contributed by atoms with Crippen molar-refractivity contribution >= 4 is 39.1 Å². The third kappa shape index (κ3) is 1.86. The van der Waals surface area contributed by atoms with Crippen LogP contribution in [0.15, 0.2) is 16.6 Å². The third-order valence-corrected chi connectivity index (χ3v) is 4.39. The van der Waals surface area contributed by atoms with Crippen LogP contribution in [0.1, 0.15) is 12.5 Å². The highest BCUT2D eigenvalue weighted by atomic mass is 79.9. The molecule has 2 aliphatic rings. The Balaban J connectivity index is 2.24. The van der Waals surface area contributed by atoms with Crippen LogP contribution in [0.2, 0.25) is 0 Å². The molecular formula is C14H16BrN3O2. The van der Waals surface area contributed by atoms with Gasteiger partial charge in [-0.2, -0.15) is 0 Å².